The fourth-order valence-electron chi connectivity index (χ4n) is 1.96. The molecule has 0 aliphatic heterocycles. The molecule has 3 nitrogen and oxygen atoms in total. The van der Waals surface area contributed by atoms with Crippen LogP contribution in [0.5, 0.6) is 0 Å². The van der Waals surface area contributed by atoms with E-state index in [0.717, 1.165) is 16.8 Å². The Labute approximate surface area is 128 Å². The smallest absolute Gasteiger partial charge is 0.0765 e. The second-order valence-corrected chi connectivity index (χ2v) is 5.40. The van der Waals surface area contributed by atoms with Gasteiger partial charge in [0, 0.05) is 5.69 Å². The van der Waals surface area contributed by atoms with Crippen LogP contribution in [0.15, 0.2) is 36.4 Å². The van der Waals surface area contributed by atoms with Crippen molar-refractivity contribution in [2.75, 3.05) is 5.32 Å². The van der Waals surface area contributed by atoms with E-state index in [-0.39, 0.29) is 6.04 Å². The Kier molecular flexibility index (Phi) is 4.89. The predicted octanol–water partition coefficient (Wildman–Crippen LogP) is 5.09. The summed E-state index contributed by atoms with van der Waals surface area (Å²) in [7, 11) is 0. The van der Waals surface area contributed by atoms with Gasteiger partial charge in [-0.25, -0.2) is 0 Å². The molecule has 0 amide bonds. The van der Waals surface area contributed by atoms with E-state index >= 15 is 0 Å². The minimum atomic E-state index is -0.207. The molecule has 0 saturated carbocycles. The summed E-state index contributed by atoms with van der Waals surface area (Å²) >= 11 is 12.5. The molecule has 20 heavy (non-hydrogen) atoms. The lowest BCUT2D eigenvalue weighted by Crippen LogP contribution is -2.14. The Morgan fingerprint density at radius 1 is 1.10 bits per heavy atom. The molecule has 0 aliphatic rings. The largest absolute Gasteiger partial charge is 0.353 e. The fraction of sp³-hybridized carbons (Fsp3) is 0.200. The maximum absolute atomic E-state index is 9.10. The molecule has 0 aliphatic carbocycles. The van der Waals surface area contributed by atoms with Gasteiger partial charge in [-0.1, -0.05) is 47.5 Å². The zero-order chi connectivity index (χ0) is 14.7. The van der Waals surface area contributed by atoms with Crippen molar-refractivity contribution in [2.24, 2.45) is 0 Å². The summed E-state index contributed by atoms with van der Waals surface area (Å²) in [5.74, 6) is 0. The van der Waals surface area contributed by atoms with Crippen LogP contribution in [0.4, 0.5) is 11.4 Å². The standard InChI is InChI=1S/C15H16Cl2N2O/c1-9-7-8-12(16)15(14(9)17)18-13-6-4-3-5-11(13)10(2)19-20/h3-8,10,18-20H,1-2H3. The van der Waals surface area contributed by atoms with Crippen LogP contribution in [0.25, 0.3) is 0 Å². The van der Waals surface area contributed by atoms with E-state index in [9.17, 15) is 0 Å². The van der Waals surface area contributed by atoms with Crippen LogP contribution < -0.4 is 10.8 Å². The molecule has 1 atom stereocenters. The second-order valence-electron chi connectivity index (χ2n) is 4.62. The normalized spacial score (nSPS) is 12.2. The summed E-state index contributed by atoms with van der Waals surface area (Å²) < 4.78 is 0. The lowest BCUT2D eigenvalue weighted by Gasteiger charge is -2.18. The number of benzene rings is 2. The number of nitrogens with one attached hydrogen (secondary N) is 2. The molecule has 0 fully saturated rings. The Bertz CT molecular complexity index is 617. The van der Waals surface area contributed by atoms with Crippen LogP contribution in [-0.2, 0) is 0 Å². The first-order valence-electron chi connectivity index (χ1n) is 6.24. The maximum Gasteiger partial charge on any atom is 0.0765 e. The molecular weight excluding hydrogens is 295 g/mol. The number of aryl methyl sites for hydroxylation is 1. The van der Waals surface area contributed by atoms with E-state index in [4.69, 9.17) is 28.4 Å². The second kappa shape index (κ2) is 6.46. The molecule has 106 valence electrons. The molecule has 2 rings (SSSR count). The molecule has 3 N–H and O–H groups in total. The highest BCUT2D eigenvalue weighted by molar-refractivity contribution is 6.39. The number of para-hydroxylation sites is 1. The zero-order valence-corrected chi connectivity index (χ0v) is 12.8. The first kappa shape index (κ1) is 15.1. The van der Waals surface area contributed by atoms with Crippen molar-refractivity contribution in [3.63, 3.8) is 0 Å². The number of rotatable bonds is 4. The van der Waals surface area contributed by atoms with Crippen molar-refractivity contribution >= 4 is 34.6 Å². The summed E-state index contributed by atoms with van der Waals surface area (Å²) in [6.45, 7) is 3.79. The van der Waals surface area contributed by atoms with Crippen molar-refractivity contribution in [3.8, 4) is 0 Å². The van der Waals surface area contributed by atoms with Crippen LogP contribution in [0.2, 0.25) is 10.0 Å². The van der Waals surface area contributed by atoms with Gasteiger partial charge >= 0.3 is 0 Å². The molecule has 0 saturated heterocycles. The number of hydrogen-bond donors (Lipinski definition) is 3. The van der Waals surface area contributed by atoms with Gasteiger partial charge in [-0.15, -0.1) is 0 Å². The van der Waals surface area contributed by atoms with E-state index in [1.54, 1.807) is 6.07 Å². The minimum absolute atomic E-state index is 0.207. The molecule has 2 aromatic carbocycles. The number of hydrogen-bond acceptors (Lipinski definition) is 3. The van der Waals surface area contributed by atoms with E-state index in [2.05, 4.69) is 10.8 Å². The van der Waals surface area contributed by atoms with Gasteiger partial charge in [-0.05, 0) is 37.1 Å². The first-order chi connectivity index (χ1) is 9.54. The quantitative estimate of drug-likeness (QED) is 0.689. The summed E-state index contributed by atoms with van der Waals surface area (Å²) in [6.07, 6.45) is 0. The summed E-state index contributed by atoms with van der Waals surface area (Å²) in [5, 5.41) is 13.5. The Morgan fingerprint density at radius 2 is 1.80 bits per heavy atom. The topological polar surface area (TPSA) is 44.3 Å². The van der Waals surface area contributed by atoms with Gasteiger partial charge in [0.25, 0.3) is 0 Å². The minimum Gasteiger partial charge on any atom is -0.353 e. The Morgan fingerprint density at radius 3 is 2.50 bits per heavy atom. The third kappa shape index (κ3) is 3.07. The van der Waals surface area contributed by atoms with Gasteiger partial charge in [0.05, 0.1) is 21.8 Å². The van der Waals surface area contributed by atoms with Gasteiger partial charge in [0.15, 0.2) is 0 Å². The summed E-state index contributed by atoms with van der Waals surface area (Å²) in [4.78, 5) is 0. The highest BCUT2D eigenvalue weighted by Crippen LogP contribution is 2.36. The average Bonchev–Trinajstić information content (AvgIpc) is 2.47. The molecule has 2 aromatic rings. The number of halogens is 2. The van der Waals surface area contributed by atoms with E-state index < -0.39 is 0 Å². The van der Waals surface area contributed by atoms with Crippen LogP contribution in [0.1, 0.15) is 24.1 Å². The van der Waals surface area contributed by atoms with Gasteiger partial charge in [0.1, 0.15) is 0 Å². The lowest BCUT2D eigenvalue weighted by atomic mass is 10.1. The predicted molar refractivity (Wildman–Crippen MR) is 84.3 cm³/mol. The Hall–Kier alpha value is -1.26. The van der Waals surface area contributed by atoms with Crippen LogP contribution in [0, 0.1) is 6.92 Å². The molecule has 0 radical (unpaired) electrons. The molecule has 0 spiro atoms. The van der Waals surface area contributed by atoms with E-state index in [1.807, 2.05) is 44.2 Å². The fourth-order valence-corrected chi connectivity index (χ4v) is 2.43. The SMILES string of the molecule is Cc1ccc(Cl)c(Nc2ccccc2C(C)NO)c1Cl. The molecule has 1 unspecified atom stereocenters. The highest BCUT2D eigenvalue weighted by atomic mass is 35.5. The number of anilines is 2. The first-order valence-corrected chi connectivity index (χ1v) is 7.00. The monoisotopic (exact) mass is 310 g/mol. The van der Waals surface area contributed by atoms with Crippen molar-refractivity contribution in [2.45, 2.75) is 19.9 Å². The number of hydroxylamine groups is 1. The molecule has 0 aromatic heterocycles. The van der Waals surface area contributed by atoms with Crippen molar-refractivity contribution < 1.29 is 5.21 Å². The van der Waals surface area contributed by atoms with Crippen molar-refractivity contribution in [1.29, 1.82) is 0 Å². The van der Waals surface area contributed by atoms with Crippen LogP contribution in [-0.4, -0.2) is 5.21 Å². The summed E-state index contributed by atoms with van der Waals surface area (Å²) in [6, 6.07) is 11.1. The molecule has 5 heteroatoms. The summed E-state index contributed by atoms with van der Waals surface area (Å²) in [5.41, 5.74) is 5.63. The Balaban J connectivity index is 2.43. The average molecular weight is 311 g/mol. The van der Waals surface area contributed by atoms with Crippen LogP contribution in [0.3, 0.4) is 0 Å². The third-order valence-electron chi connectivity index (χ3n) is 3.16. The van der Waals surface area contributed by atoms with Crippen LogP contribution >= 0.6 is 23.2 Å². The molecule has 0 heterocycles. The van der Waals surface area contributed by atoms with E-state index in [0.29, 0.717) is 15.7 Å². The van der Waals surface area contributed by atoms with Gasteiger partial charge < -0.3 is 10.5 Å². The maximum atomic E-state index is 9.10. The zero-order valence-electron chi connectivity index (χ0n) is 11.2. The lowest BCUT2D eigenvalue weighted by molar-refractivity contribution is 0.133. The van der Waals surface area contributed by atoms with E-state index in [1.165, 1.54) is 0 Å². The van der Waals surface area contributed by atoms with Crippen molar-refractivity contribution in [3.05, 3.63) is 57.6 Å². The molecular formula is C15H16Cl2N2O. The van der Waals surface area contributed by atoms with Gasteiger partial charge in [-0.3, -0.25) is 0 Å². The highest BCUT2D eigenvalue weighted by Gasteiger charge is 2.13. The van der Waals surface area contributed by atoms with Gasteiger partial charge in [-0.2, -0.15) is 5.48 Å². The van der Waals surface area contributed by atoms with Gasteiger partial charge in [0.2, 0.25) is 0 Å². The third-order valence-corrected chi connectivity index (χ3v) is 3.97. The molecule has 0 bridgehead atoms. The van der Waals surface area contributed by atoms with Crippen molar-refractivity contribution in [1.82, 2.24) is 5.48 Å².